The molecule has 0 bridgehead atoms. The first kappa shape index (κ1) is 12.7. The van der Waals surface area contributed by atoms with E-state index < -0.39 is 0 Å². The second-order valence-corrected chi connectivity index (χ2v) is 6.63. The van der Waals surface area contributed by atoms with E-state index in [2.05, 4.69) is 53.1 Å². The van der Waals surface area contributed by atoms with Crippen molar-refractivity contribution in [2.45, 2.75) is 19.3 Å². The van der Waals surface area contributed by atoms with Crippen LogP contribution in [-0.4, -0.2) is 15.0 Å². The summed E-state index contributed by atoms with van der Waals surface area (Å²) in [6.45, 7) is 4.57. The van der Waals surface area contributed by atoms with Gasteiger partial charge in [0.2, 0.25) is 0 Å². The molecule has 1 aliphatic rings. The normalized spacial score (nSPS) is 14.9. The summed E-state index contributed by atoms with van der Waals surface area (Å²) in [5.74, 6) is 0. The van der Waals surface area contributed by atoms with Crippen molar-refractivity contribution < 1.29 is 0 Å². The number of hydrogen-bond donors (Lipinski definition) is 0. The Morgan fingerprint density at radius 1 is 0.913 bits per heavy atom. The fraction of sp³-hybridized carbons (Fsp3) is 0.150. The second kappa shape index (κ2) is 4.13. The third-order valence-electron chi connectivity index (χ3n) is 5.01. The molecule has 0 N–H and O–H groups in total. The number of fused-ring (bicyclic) bond motifs is 7. The highest BCUT2D eigenvalue weighted by molar-refractivity contribution is 6.10. The number of rotatable bonds is 0. The van der Waals surface area contributed by atoms with Crippen LogP contribution in [0.1, 0.15) is 25.0 Å². The monoisotopic (exact) mass is 297 g/mol. The Bertz CT molecular complexity index is 1100. The summed E-state index contributed by atoms with van der Waals surface area (Å²) < 4.78 is 0. The molecule has 3 heterocycles. The molecule has 3 heteroatoms. The molecule has 0 aliphatic heterocycles. The average molecular weight is 297 g/mol. The molecule has 1 aromatic carbocycles. The minimum absolute atomic E-state index is 0.0734. The second-order valence-electron chi connectivity index (χ2n) is 6.63. The predicted molar refractivity (Wildman–Crippen MR) is 92.4 cm³/mol. The maximum atomic E-state index is 4.66. The van der Waals surface area contributed by atoms with Crippen LogP contribution in [0.15, 0.2) is 55.1 Å². The van der Waals surface area contributed by atoms with Gasteiger partial charge in [0.05, 0.1) is 17.4 Å². The zero-order valence-electron chi connectivity index (χ0n) is 13.0. The lowest BCUT2D eigenvalue weighted by Gasteiger charge is -2.23. The smallest absolute Gasteiger partial charge is 0.0891 e. The van der Waals surface area contributed by atoms with Crippen molar-refractivity contribution in [1.29, 1.82) is 0 Å². The molecule has 0 amide bonds. The molecule has 0 fully saturated rings. The first-order chi connectivity index (χ1) is 11.2. The van der Waals surface area contributed by atoms with Gasteiger partial charge in [-0.25, -0.2) is 0 Å². The quantitative estimate of drug-likeness (QED) is 0.449. The van der Waals surface area contributed by atoms with Crippen LogP contribution in [0.5, 0.6) is 0 Å². The van der Waals surface area contributed by atoms with Crippen molar-refractivity contribution in [2.24, 2.45) is 0 Å². The molecular formula is C20H15N3. The summed E-state index contributed by atoms with van der Waals surface area (Å²) in [7, 11) is 0. The van der Waals surface area contributed by atoms with Crippen LogP contribution in [0.3, 0.4) is 0 Å². The first-order valence-corrected chi connectivity index (χ1v) is 7.80. The lowest BCUT2D eigenvalue weighted by Crippen LogP contribution is -2.15. The maximum Gasteiger partial charge on any atom is 0.0891 e. The van der Waals surface area contributed by atoms with Crippen LogP contribution in [-0.2, 0) is 5.41 Å². The van der Waals surface area contributed by atoms with Gasteiger partial charge in [0, 0.05) is 40.3 Å². The van der Waals surface area contributed by atoms with E-state index in [1.807, 2.05) is 30.9 Å². The molecule has 0 atom stereocenters. The van der Waals surface area contributed by atoms with Crippen LogP contribution in [0.4, 0.5) is 0 Å². The number of aromatic nitrogens is 3. The van der Waals surface area contributed by atoms with E-state index in [9.17, 15) is 0 Å². The van der Waals surface area contributed by atoms with E-state index in [1.54, 1.807) is 0 Å². The Labute approximate surface area is 134 Å². The molecule has 0 radical (unpaired) electrons. The minimum atomic E-state index is -0.0734. The highest BCUT2D eigenvalue weighted by atomic mass is 14.7. The van der Waals surface area contributed by atoms with Gasteiger partial charge in [-0.1, -0.05) is 32.0 Å². The molecule has 1 aliphatic carbocycles. The van der Waals surface area contributed by atoms with Crippen molar-refractivity contribution in [3.63, 3.8) is 0 Å². The van der Waals surface area contributed by atoms with Crippen molar-refractivity contribution >= 4 is 21.7 Å². The van der Waals surface area contributed by atoms with Gasteiger partial charge in [0.1, 0.15) is 0 Å². The van der Waals surface area contributed by atoms with Crippen molar-refractivity contribution in [1.82, 2.24) is 15.0 Å². The van der Waals surface area contributed by atoms with Crippen LogP contribution in [0.2, 0.25) is 0 Å². The standard InChI is InChI=1S/C20H15N3/c1-20(2)15-4-3-8-22-19(15)14-6-5-12-10-23-16-11-21-9-7-13(16)17(12)18(14)20/h3-11H,1-2H3. The van der Waals surface area contributed by atoms with Crippen LogP contribution < -0.4 is 0 Å². The van der Waals surface area contributed by atoms with Crippen molar-refractivity contribution in [2.75, 3.05) is 0 Å². The summed E-state index contributed by atoms with van der Waals surface area (Å²) >= 11 is 0. The number of nitrogens with zero attached hydrogens (tertiary/aromatic N) is 3. The first-order valence-electron chi connectivity index (χ1n) is 7.80. The van der Waals surface area contributed by atoms with Gasteiger partial charge in [-0.05, 0) is 28.6 Å². The molecule has 0 spiro atoms. The Morgan fingerprint density at radius 2 is 1.83 bits per heavy atom. The van der Waals surface area contributed by atoms with Crippen LogP contribution in [0, 0.1) is 0 Å². The van der Waals surface area contributed by atoms with Crippen LogP contribution >= 0.6 is 0 Å². The van der Waals surface area contributed by atoms with E-state index in [0.29, 0.717) is 0 Å². The third-order valence-corrected chi connectivity index (χ3v) is 5.01. The maximum absolute atomic E-state index is 4.66. The Hall–Kier alpha value is -2.81. The Morgan fingerprint density at radius 3 is 2.74 bits per heavy atom. The van der Waals surface area contributed by atoms with Gasteiger partial charge in [0.15, 0.2) is 0 Å². The average Bonchev–Trinajstić information content (AvgIpc) is 2.83. The minimum Gasteiger partial charge on any atom is -0.262 e. The van der Waals surface area contributed by atoms with Gasteiger partial charge in [-0.2, -0.15) is 0 Å². The molecular weight excluding hydrogens is 282 g/mol. The van der Waals surface area contributed by atoms with Gasteiger partial charge in [-0.15, -0.1) is 0 Å². The SMILES string of the molecule is CC1(C)c2cccnc2-c2ccc3cnc4cnccc4c3c21. The molecule has 4 aromatic rings. The highest BCUT2D eigenvalue weighted by Crippen LogP contribution is 2.51. The van der Waals surface area contributed by atoms with E-state index in [0.717, 1.165) is 16.6 Å². The molecule has 0 unspecified atom stereocenters. The van der Waals surface area contributed by atoms with Gasteiger partial charge in [-0.3, -0.25) is 15.0 Å². The lowest BCUT2D eigenvalue weighted by molar-refractivity contribution is 0.665. The van der Waals surface area contributed by atoms with E-state index in [-0.39, 0.29) is 5.41 Å². The molecule has 23 heavy (non-hydrogen) atoms. The van der Waals surface area contributed by atoms with Crippen molar-refractivity contribution in [3.05, 3.63) is 66.2 Å². The van der Waals surface area contributed by atoms with Gasteiger partial charge >= 0.3 is 0 Å². The molecule has 5 rings (SSSR count). The molecule has 3 aromatic heterocycles. The fourth-order valence-electron chi connectivity index (χ4n) is 3.96. The summed E-state index contributed by atoms with van der Waals surface area (Å²) in [5, 5.41) is 3.61. The summed E-state index contributed by atoms with van der Waals surface area (Å²) in [6.07, 6.45) is 7.51. The topological polar surface area (TPSA) is 38.7 Å². The number of benzene rings is 1. The van der Waals surface area contributed by atoms with Crippen molar-refractivity contribution in [3.8, 4) is 11.3 Å². The zero-order chi connectivity index (χ0) is 15.6. The summed E-state index contributed by atoms with van der Waals surface area (Å²) in [6, 6.07) is 10.6. The van der Waals surface area contributed by atoms with E-state index >= 15 is 0 Å². The molecule has 0 saturated carbocycles. The Balaban J connectivity index is 2.04. The highest BCUT2D eigenvalue weighted by Gasteiger charge is 2.38. The number of pyridine rings is 3. The molecule has 0 saturated heterocycles. The number of hydrogen-bond acceptors (Lipinski definition) is 3. The summed E-state index contributed by atoms with van der Waals surface area (Å²) in [5.41, 5.74) is 5.85. The van der Waals surface area contributed by atoms with Crippen LogP contribution in [0.25, 0.3) is 32.9 Å². The lowest BCUT2D eigenvalue weighted by atomic mass is 9.80. The van der Waals surface area contributed by atoms with Gasteiger partial charge in [0.25, 0.3) is 0 Å². The third kappa shape index (κ3) is 1.51. The Kier molecular flexibility index (Phi) is 2.28. The molecule has 3 nitrogen and oxygen atoms in total. The van der Waals surface area contributed by atoms with Gasteiger partial charge < -0.3 is 0 Å². The largest absolute Gasteiger partial charge is 0.262 e. The predicted octanol–water partition coefficient (Wildman–Crippen LogP) is 4.48. The fourth-order valence-corrected chi connectivity index (χ4v) is 3.96. The van der Waals surface area contributed by atoms with E-state index in [4.69, 9.17) is 0 Å². The van der Waals surface area contributed by atoms with E-state index in [1.165, 1.54) is 27.5 Å². The molecule has 110 valence electrons. The zero-order valence-corrected chi connectivity index (χ0v) is 13.0. The summed E-state index contributed by atoms with van der Waals surface area (Å²) in [4.78, 5) is 13.4.